The standard InChI is InChI=1S/C14H15NO3/c1-9-14(3,13(17)18-4)11-7-5-6-8-12(11)15(9)10(2)16/h5-8H,1H2,2-4H3/t14-/m0/s1. The third kappa shape index (κ3) is 1.38. The van der Waals surface area contributed by atoms with Crippen molar-refractivity contribution in [1.82, 2.24) is 0 Å². The maximum atomic E-state index is 12.1. The second-order valence-corrected chi connectivity index (χ2v) is 4.43. The Kier molecular flexibility index (Phi) is 2.73. The number of anilines is 1. The Labute approximate surface area is 106 Å². The second-order valence-electron chi connectivity index (χ2n) is 4.43. The summed E-state index contributed by atoms with van der Waals surface area (Å²) in [5, 5.41) is 0. The van der Waals surface area contributed by atoms with Crippen LogP contribution in [0, 0.1) is 0 Å². The van der Waals surface area contributed by atoms with Crippen LogP contribution in [0.5, 0.6) is 0 Å². The van der Waals surface area contributed by atoms with Crippen LogP contribution in [0.1, 0.15) is 19.4 Å². The summed E-state index contributed by atoms with van der Waals surface area (Å²) in [4.78, 5) is 25.3. The molecule has 0 aliphatic carbocycles. The van der Waals surface area contributed by atoms with Gasteiger partial charge in [0, 0.05) is 12.6 Å². The first-order valence-corrected chi connectivity index (χ1v) is 5.62. The average Bonchev–Trinajstić information content (AvgIpc) is 2.59. The Morgan fingerprint density at radius 2 is 1.94 bits per heavy atom. The van der Waals surface area contributed by atoms with Crippen LogP contribution in [0.3, 0.4) is 0 Å². The molecule has 0 radical (unpaired) electrons. The van der Waals surface area contributed by atoms with Gasteiger partial charge in [-0.25, -0.2) is 0 Å². The van der Waals surface area contributed by atoms with E-state index in [2.05, 4.69) is 6.58 Å². The number of esters is 1. The Balaban J connectivity index is 2.69. The summed E-state index contributed by atoms with van der Waals surface area (Å²) in [5.41, 5.74) is 0.875. The summed E-state index contributed by atoms with van der Waals surface area (Å²) in [6, 6.07) is 7.28. The fraction of sp³-hybridized carbons (Fsp3) is 0.286. The summed E-state index contributed by atoms with van der Waals surface area (Å²) in [7, 11) is 1.33. The molecule has 0 saturated heterocycles. The van der Waals surface area contributed by atoms with Gasteiger partial charge in [-0.1, -0.05) is 24.8 Å². The minimum atomic E-state index is -1.00. The predicted molar refractivity (Wildman–Crippen MR) is 68.1 cm³/mol. The van der Waals surface area contributed by atoms with Crippen LogP contribution < -0.4 is 4.90 Å². The van der Waals surface area contributed by atoms with Crippen molar-refractivity contribution in [3.63, 3.8) is 0 Å². The molecule has 1 heterocycles. The summed E-state index contributed by atoms with van der Waals surface area (Å²) in [6.07, 6.45) is 0. The lowest BCUT2D eigenvalue weighted by molar-refractivity contribution is -0.145. The molecule has 4 nitrogen and oxygen atoms in total. The molecule has 2 rings (SSSR count). The van der Waals surface area contributed by atoms with Crippen molar-refractivity contribution in [3.8, 4) is 0 Å². The minimum absolute atomic E-state index is 0.167. The van der Waals surface area contributed by atoms with Gasteiger partial charge in [0.25, 0.3) is 0 Å². The van der Waals surface area contributed by atoms with Crippen molar-refractivity contribution in [1.29, 1.82) is 0 Å². The summed E-state index contributed by atoms with van der Waals surface area (Å²) < 4.78 is 4.85. The number of carbonyl (C=O) groups is 2. The third-order valence-corrected chi connectivity index (χ3v) is 3.44. The third-order valence-electron chi connectivity index (χ3n) is 3.44. The Hall–Kier alpha value is -2.10. The van der Waals surface area contributed by atoms with Gasteiger partial charge in [0.15, 0.2) is 0 Å². The first-order chi connectivity index (χ1) is 8.44. The SMILES string of the molecule is C=C1N(C(C)=O)c2ccccc2[C@@]1(C)C(=O)OC. The minimum Gasteiger partial charge on any atom is -0.468 e. The quantitative estimate of drug-likeness (QED) is 0.711. The zero-order valence-electron chi connectivity index (χ0n) is 10.7. The van der Waals surface area contributed by atoms with E-state index in [-0.39, 0.29) is 5.91 Å². The summed E-state index contributed by atoms with van der Waals surface area (Å²) in [5.74, 6) is -0.580. The van der Waals surface area contributed by atoms with E-state index < -0.39 is 11.4 Å². The molecule has 0 spiro atoms. The molecule has 0 fully saturated rings. The topological polar surface area (TPSA) is 46.6 Å². The molecule has 1 aliphatic heterocycles. The summed E-state index contributed by atoms with van der Waals surface area (Å²) in [6.45, 7) is 7.07. The van der Waals surface area contributed by atoms with Gasteiger partial charge < -0.3 is 4.74 Å². The second kappa shape index (κ2) is 3.98. The van der Waals surface area contributed by atoms with E-state index in [1.165, 1.54) is 18.9 Å². The van der Waals surface area contributed by atoms with Crippen molar-refractivity contribution in [2.24, 2.45) is 0 Å². The number of methoxy groups -OCH3 is 1. The van der Waals surface area contributed by atoms with Crippen LogP contribution in [-0.4, -0.2) is 19.0 Å². The monoisotopic (exact) mass is 245 g/mol. The van der Waals surface area contributed by atoms with Crippen LogP contribution in [0.15, 0.2) is 36.5 Å². The van der Waals surface area contributed by atoms with Crippen LogP contribution in [0.2, 0.25) is 0 Å². The van der Waals surface area contributed by atoms with Crippen molar-refractivity contribution < 1.29 is 14.3 Å². The summed E-state index contributed by atoms with van der Waals surface area (Å²) >= 11 is 0. The highest BCUT2D eigenvalue weighted by molar-refractivity contribution is 6.05. The van der Waals surface area contributed by atoms with Gasteiger partial charge in [-0.15, -0.1) is 0 Å². The van der Waals surface area contributed by atoms with Gasteiger partial charge in [0.1, 0.15) is 5.41 Å². The molecule has 0 saturated carbocycles. The Morgan fingerprint density at radius 3 is 2.50 bits per heavy atom. The smallest absolute Gasteiger partial charge is 0.322 e. The van der Waals surface area contributed by atoms with Crippen molar-refractivity contribution in [3.05, 3.63) is 42.1 Å². The maximum Gasteiger partial charge on any atom is 0.322 e. The average molecular weight is 245 g/mol. The first kappa shape index (κ1) is 12.4. The van der Waals surface area contributed by atoms with E-state index in [4.69, 9.17) is 4.74 Å². The molecule has 0 bridgehead atoms. The van der Waals surface area contributed by atoms with E-state index in [1.807, 2.05) is 18.2 Å². The van der Waals surface area contributed by atoms with Gasteiger partial charge in [0.05, 0.1) is 12.8 Å². The van der Waals surface area contributed by atoms with E-state index in [9.17, 15) is 9.59 Å². The van der Waals surface area contributed by atoms with E-state index in [1.54, 1.807) is 13.0 Å². The molecular formula is C14H15NO3. The normalized spacial score (nSPS) is 21.7. The fourth-order valence-corrected chi connectivity index (χ4v) is 2.41. The number of nitrogens with zero attached hydrogens (tertiary/aromatic N) is 1. The number of hydrogen-bond donors (Lipinski definition) is 0. The predicted octanol–water partition coefficient (Wildman–Crippen LogP) is 2.00. The molecule has 1 aromatic carbocycles. The highest BCUT2D eigenvalue weighted by Crippen LogP contribution is 2.47. The first-order valence-electron chi connectivity index (χ1n) is 5.62. The zero-order chi connectivity index (χ0) is 13.5. The number of ether oxygens (including phenoxy) is 1. The van der Waals surface area contributed by atoms with E-state index in [0.717, 1.165) is 5.56 Å². The highest BCUT2D eigenvalue weighted by atomic mass is 16.5. The molecule has 1 atom stereocenters. The molecule has 94 valence electrons. The number of carbonyl (C=O) groups excluding carboxylic acids is 2. The van der Waals surface area contributed by atoms with Crippen molar-refractivity contribution in [2.75, 3.05) is 12.0 Å². The lowest BCUT2D eigenvalue weighted by atomic mass is 9.82. The van der Waals surface area contributed by atoms with Crippen LogP contribution >= 0.6 is 0 Å². The van der Waals surface area contributed by atoms with E-state index >= 15 is 0 Å². The molecule has 1 aliphatic rings. The number of amides is 1. The molecule has 0 unspecified atom stereocenters. The molecule has 18 heavy (non-hydrogen) atoms. The molecular weight excluding hydrogens is 230 g/mol. The lowest BCUT2D eigenvalue weighted by Crippen LogP contribution is -2.37. The Morgan fingerprint density at radius 1 is 1.33 bits per heavy atom. The molecule has 1 amide bonds. The van der Waals surface area contributed by atoms with Gasteiger partial charge in [-0.2, -0.15) is 0 Å². The van der Waals surface area contributed by atoms with Gasteiger partial charge >= 0.3 is 5.97 Å². The van der Waals surface area contributed by atoms with Crippen LogP contribution in [0.25, 0.3) is 0 Å². The number of benzene rings is 1. The van der Waals surface area contributed by atoms with Gasteiger partial charge in [-0.3, -0.25) is 14.5 Å². The maximum absolute atomic E-state index is 12.1. The number of fused-ring (bicyclic) bond motifs is 1. The number of rotatable bonds is 1. The zero-order valence-corrected chi connectivity index (χ0v) is 10.7. The van der Waals surface area contributed by atoms with Crippen molar-refractivity contribution >= 4 is 17.6 Å². The Bertz CT molecular complexity index is 550. The van der Waals surface area contributed by atoms with E-state index in [0.29, 0.717) is 11.4 Å². The largest absolute Gasteiger partial charge is 0.468 e. The lowest BCUT2D eigenvalue weighted by Gasteiger charge is -2.25. The van der Waals surface area contributed by atoms with Gasteiger partial charge in [0.2, 0.25) is 5.91 Å². The van der Waals surface area contributed by atoms with Gasteiger partial charge in [-0.05, 0) is 18.6 Å². The fourth-order valence-electron chi connectivity index (χ4n) is 2.41. The van der Waals surface area contributed by atoms with Crippen molar-refractivity contribution in [2.45, 2.75) is 19.3 Å². The number of para-hydroxylation sites is 1. The molecule has 4 heteroatoms. The highest BCUT2D eigenvalue weighted by Gasteiger charge is 2.50. The molecule has 1 aromatic rings. The molecule has 0 N–H and O–H groups in total. The number of hydrogen-bond acceptors (Lipinski definition) is 3. The molecule has 0 aromatic heterocycles. The van der Waals surface area contributed by atoms with Crippen LogP contribution in [-0.2, 0) is 19.7 Å². The van der Waals surface area contributed by atoms with Crippen LogP contribution in [0.4, 0.5) is 5.69 Å².